The molecule has 224 valence electrons. The number of carbonyl (C=O) groups is 1. The van der Waals surface area contributed by atoms with Gasteiger partial charge < -0.3 is 4.74 Å². The number of ether oxygens (including phenoxy) is 1. The summed E-state index contributed by atoms with van der Waals surface area (Å²) >= 11 is 0. The maximum absolute atomic E-state index is 12.3. The van der Waals surface area contributed by atoms with Gasteiger partial charge in [0.15, 0.2) is 12.4 Å². The number of unbranched alkanes of at least 4 members (excludes halogenated alkanes) is 21. The highest BCUT2D eigenvalue weighted by molar-refractivity contribution is 5.88. The molecule has 3 heteroatoms. The molecule has 0 aliphatic carbocycles. The molecular formula is C36H64NO2+. The van der Waals surface area contributed by atoms with Crippen LogP contribution in [0.2, 0.25) is 0 Å². The molecule has 0 atom stereocenters. The fourth-order valence-corrected chi connectivity index (χ4v) is 5.12. The number of aromatic nitrogens is 1. The van der Waals surface area contributed by atoms with E-state index >= 15 is 0 Å². The Hall–Kier alpha value is -1.64. The van der Waals surface area contributed by atoms with E-state index in [0.29, 0.717) is 12.2 Å². The number of allylic oxidation sites excluding steroid dienone is 2. The summed E-state index contributed by atoms with van der Waals surface area (Å²) in [6.45, 7) is 6.11. The molecule has 0 aliphatic heterocycles. The number of hydrogen-bond donors (Lipinski definition) is 0. The van der Waals surface area contributed by atoms with E-state index < -0.39 is 0 Å². The first-order valence-corrected chi connectivity index (χ1v) is 17.1. The molecule has 0 unspecified atom stereocenters. The molecule has 0 radical (unpaired) electrons. The van der Waals surface area contributed by atoms with Crippen molar-refractivity contribution >= 4 is 5.97 Å². The SMILES string of the molecule is CCCCCCCCC=CCCCCCCCC[n+]1ccc(C(=O)OCCCCCCCCCCCC)cc1. The lowest BCUT2D eigenvalue weighted by molar-refractivity contribution is -0.697. The summed E-state index contributed by atoms with van der Waals surface area (Å²) in [5.41, 5.74) is 0.666. The lowest BCUT2D eigenvalue weighted by Gasteiger charge is -2.05. The van der Waals surface area contributed by atoms with Gasteiger partial charge in [0, 0.05) is 18.6 Å². The lowest BCUT2D eigenvalue weighted by atomic mass is 10.1. The zero-order valence-corrected chi connectivity index (χ0v) is 26.1. The van der Waals surface area contributed by atoms with Gasteiger partial charge in [0.25, 0.3) is 0 Å². The van der Waals surface area contributed by atoms with Crippen LogP contribution in [0, 0.1) is 0 Å². The van der Waals surface area contributed by atoms with Gasteiger partial charge in [0.2, 0.25) is 0 Å². The van der Waals surface area contributed by atoms with Crippen LogP contribution in [0.3, 0.4) is 0 Å². The van der Waals surface area contributed by atoms with Crippen molar-refractivity contribution in [3.05, 3.63) is 42.2 Å². The Morgan fingerprint density at radius 2 is 1.00 bits per heavy atom. The fraction of sp³-hybridized carbons (Fsp3) is 0.778. The van der Waals surface area contributed by atoms with E-state index in [1.54, 1.807) is 0 Å². The van der Waals surface area contributed by atoms with Gasteiger partial charge in [-0.2, -0.15) is 0 Å². The van der Waals surface area contributed by atoms with Crippen LogP contribution in [0.15, 0.2) is 36.7 Å². The standard InChI is InChI=1S/C36H64NO2/c1-3-5-7-9-11-13-15-16-17-18-19-20-21-23-25-27-31-37-32-29-35(30-33-37)36(38)39-34-28-26-24-22-14-12-10-8-6-4-2/h16-17,29-30,32-33H,3-15,18-28,31,34H2,1-2H3/q+1. The summed E-state index contributed by atoms with van der Waals surface area (Å²) in [5.74, 6) is -0.185. The van der Waals surface area contributed by atoms with Gasteiger partial charge in [-0.25, -0.2) is 9.36 Å². The Morgan fingerprint density at radius 3 is 1.49 bits per heavy atom. The molecule has 1 heterocycles. The quantitative estimate of drug-likeness (QED) is 0.0456. The third-order valence-corrected chi connectivity index (χ3v) is 7.79. The van der Waals surface area contributed by atoms with Crippen molar-refractivity contribution in [2.45, 2.75) is 174 Å². The largest absolute Gasteiger partial charge is 0.462 e. The maximum Gasteiger partial charge on any atom is 0.338 e. The van der Waals surface area contributed by atoms with E-state index in [-0.39, 0.29) is 5.97 Å². The molecule has 0 aliphatic rings. The monoisotopic (exact) mass is 542 g/mol. The van der Waals surface area contributed by atoms with Crippen molar-refractivity contribution in [1.29, 1.82) is 0 Å². The molecule has 0 spiro atoms. The molecule has 0 fully saturated rings. The van der Waals surface area contributed by atoms with Crippen molar-refractivity contribution < 1.29 is 14.1 Å². The molecule has 0 saturated carbocycles. The molecular weight excluding hydrogens is 478 g/mol. The van der Waals surface area contributed by atoms with E-state index in [2.05, 4.69) is 30.6 Å². The minimum Gasteiger partial charge on any atom is -0.462 e. The Kier molecular flexibility index (Phi) is 25.3. The molecule has 0 aromatic carbocycles. The lowest BCUT2D eigenvalue weighted by Crippen LogP contribution is -2.32. The number of esters is 1. The van der Waals surface area contributed by atoms with Crippen molar-refractivity contribution in [2.75, 3.05) is 6.61 Å². The first kappa shape index (κ1) is 35.4. The minimum absolute atomic E-state index is 0.185. The van der Waals surface area contributed by atoms with Crippen LogP contribution in [-0.4, -0.2) is 12.6 Å². The topological polar surface area (TPSA) is 30.2 Å². The van der Waals surface area contributed by atoms with Crippen LogP contribution in [0.5, 0.6) is 0 Å². The average Bonchev–Trinajstić information content (AvgIpc) is 2.96. The van der Waals surface area contributed by atoms with Gasteiger partial charge >= 0.3 is 5.97 Å². The maximum atomic E-state index is 12.3. The third-order valence-electron chi connectivity index (χ3n) is 7.79. The molecule has 1 aromatic heterocycles. The predicted molar refractivity (Wildman–Crippen MR) is 168 cm³/mol. The molecule has 1 rings (SSSR count). The zero-order valence-electron chi connectivity index (χ0n) is 26.1. The van der Waals surface area contributed by atoms with Gasteiger partial charge in [-0.1, -0.05) is 135 Å². The average molecular weight is 543 g/mol. The van der Waals surface area contributed by atoms with Crippen molar-refractivity contribution in [3.63, 3.8) is 0 Å². The number of hydrogen-bond acceptors (Lipinski definition) is 2. The van der Waals surface area contributed by atoms with Gasteiger partial charge in [0.05, 0.1) is 12.2 Å². The van der Waals surface area contributed by atoms with E-state index in [0.717, 1.165) is 19.4 Å². The smallest absolute Gasteiger partial charge is 0.338 e. The van der Waals surface area contributed by atoms with Crippen molar-refractivity contribution in [1.82, 2.24) is 0 Å². The van der Waals surface area contributed by atoms with Crippen LogP contribution >= 0.6 is 0 Å². The Labute approximate surface area is 243 Å². The van der Waals surface area contributed by atoms with Crippen molar-refractivity contribution in [2.24, 2.45) is 0 Å². The van der Waals surface area contributed by atoms with Crippen LogP contribution < -0.4 is 4.57 Å². The summed E-state index contributed by atoms with van der Waals surface area (Å²) in [7, 11) is 0. The van der Waals surface area contributed by atoms with E-state index in [4.69, 9.17) is 4.74 Å². The van der Waals surface area contributed by atoms with E-state index in [1.165, 1.54) is 141 Å². The Balaban J connectivity index is 1.93. The molecule has 0 bridgehead atoms. The molecule has 3 nitrogen and oxygen atoms in total. The summed E-state index contributed by atoms with van der Waals surface area (Å²) in [4.78, 5) is 12.3. The summed E-state index contributed by atoms with van der Waals surface area (Å²) in [6, 6.07) is 3.81. The second-order valence-corrected chi connectivity index (χ2v) is 11.6. The first-order chi connectivity index (χ1) is 19.3. The predicted octanol–water partition coefficient (Wildman–Crippen LogP) is 11.1. The second kappa shape index (κ2) is 27.9. The van der Waals surface area contributed by atoms with Gasteiger partial charge in [-0.15, -0.1) is 0 Å². The Bertz CT molecular complexity index is 682. The zero-order chi connectivity index (χ0) is 28.1. The van der Waals surface area contributed by atoms with Gasteiger partial charge in [-0.05, 0) is 38.5 Å². The molecule has 0 saturated heterocycles. The fourth-order valence-electron chi connectivity index (χ4n) is 5.12. The molecule has 0 amide bonds. The highest BCUT2D eigenvalue weighted by Gasteiger charge is 2.09. The van der Waals surface area contributed by atoms with Crippen molar-refractivity contribution in [3.8, 4) is 0 Å². The van der Waals surface area contributed by atoms with E-state index in [1.807, 2.05) is 24.5 Å². The number of nitrogens with zero attached hydrogens (tertiary/aromatic N) is 1. The summed E-state index contributed by atoms with van der Waals surface area (Å²) < 4.78 is 7.67. The Morgan fingerprint density at radius 1 is 0.590 bits per heavy atom. The number of pyridine rings is 1. The van der Waals surface area contributed by atoms with Crippen LogP contribution in [0.4, 0.5) is 0 Å². The number of rotatable bonds is 28. The van der Waals surface area contributed by atoms with Crippen LogP contribution in [0.1, 0.15) is 178 Å². The van der Waals surface area contributed by atoms with Crippen LogP contribution in [0.25, 0.3) is 0 Å². The molecule has 39 heavy (non-hydrogen) atoms. The highest BCUT2D eigenvalue weighted by atomic mass is 16.5. The first-order valence-electron chi connectivity index (χ1n) is 17.1. The number of aryl methyl sites for hydroxylation is 1. The van der Waals surface area contributed by atoms with Crippen LogP contribution in [-0.2, 0) is 11.3 Å². The van der Waals surface area contributed by atoms with Gasteiger partial charge in [-0.3, -0.25) is 0 Å². The summed E-state index contributed by atoms with van der Waals surface area (Å²) in [5, 5.41) is 0. The normalized spacial score (nSPS) is 11.4. The van der Waals surface area contributed by atoms with Gasteiger partial charge in [0.1, 0.15) is 6.54 Å². The summed E-state index contributed by atoms with van der Waals surface area (Å²) in [6.07, 6.45) is 40.5. The molecule has 0 N–H and O–H groups in total. The minimum atomic E-state index is -0.185. The highest BCUT2D eigenvalue weighted by Crippen LogP contribution is 2.12. The second-order valence-electron chi connectivity index (χ2n) is 11.6. The molecule has 1 aromatic rings. The van der Waals surface area contributed by atoms with E-state index in [9.17, 15) is 4.79 Å². The third kappa shape index (κ3) is 22.8. The number of carbonyl (C=O) groups excluding carboxylic acids is 1.